The van der Waals surface area contributed by atoms with Crippen molar-refractivity contribution in [1.82, 2.24) is 4.72 Å². The van der Waals surface area contributed by atoms with Crippen LogP contribution in [0.25, 0.3) is 0 Å². The molecule has 0 aliphatic heterocycles. The summed E-state index contributed by atoms with van der Waals surface area (Å²) in [5.41, 5.74) is 0. The molecule has 0 aliphatic rings. The van der Waals surface area contributed by atoms with Crippen molar-refractivity contribution in [2.75, 3.05) is 5.75 Å². The van der Waals surface area contributed by atoms with Gasteiger partial charge in [0.15, 0.2) is 5.75 Å². The highest BCUT2D eigenvalue weighted by atomic mass is 32.2. The van der Waals surface area contributed by atoms with E-state index >= 15 is 0 Å². The minimum Gasteiger partial charge on any atom is -0.465 e. The van der Waals surface area contributed by atoms with E-state index in [0.717, 1.165) is 5.76 Å². The average Bonchev–Trinajstić information content (AvgIpc) is 2.48. The first-order valence-corrected chi connectivity index (χ1v) is 5.58. The lowest BCUT2D eigenvalue weighted by Crippen LogP contribution is -2.25. The molecule has 0 aromatic carbocycles. The molecule has 0 fully saturated rings. The quantitative estimate of drug-likeness (QED) is 0.792. The van der Waals surface area contributed by atoms with Crippen LogP contribution in [-0.2, 0) is 16.6 Å². The highest BCUT2D eigenvalue weighted by Gasteiger charge is 2.09. The Balaban J connectivity index is 2.54. The molecular weight excluding hydrogens is 204 g/mol. The Kier molecular flexibility index (Phi) is 3.28. The first-order valence-electron chi connectivity index (χ1n) is 3.93. The predicted octanol–water partition coefficient (Wildman–Crippen LogP) is 0.531. The Bertz CT molecular complexity index is 441. The monoisotopic (exact) mass is 214 g/mol. The van der Waals surface area contributed by atoms with Crippen LogP contribution >= 0.6 is 0 Å². The summed E-state index contributed by atoms with van der Waals surface area (Å²) in [5.74, 6) is 0.718. The molecule has 76 valence electrons. The third-order valence-electron chi connectivity index (χ3n) is 1.52. The number of hydrogen-bond donors (Lipinski definition) is 1. The van der Waals surface area contributed by atoms with Crippen molar-refractivity contribution in [3.8, 4) is 6.07 Å². The summed E-state index contributed by atoms with van der Waals surface area (Å²) in [7, 11) is -3.49. The zero-order valence-corrected chi connectivity index (χ0v) is 8.47. The maximum absolute atomic E-state index is 11.0. The summed E-state index contributed by atoms with van der Waals surface area (Å²) in [6.45, 7) is 1.85. The van der Waals surface area contributed by atoms with Gasteiger partial charge in [-0.1, -0.05) is 0 Å². The Morgan fingerprint density at radius 3 is 2.79 bits per heavy atom. The Labute approximate surface area is 82.4 Å². The van der Waals surface area contributed by atoms with Crippen LogP contribution in [0.15, 0.2) is 16.5 Å². The molecule has 6 heteroatoms. The van der Waals surface area contributed by atoms with E-state index < -0.39 is 15.8 Å². The van der Waals surface area contributed by atoms with Crippen molar-refractivity contribution in [2.24, 2.45) is 0 Å². The van der Waals surface area contributed by atoms with Gasteiger partial charge in [0.1, 0.15) is 11.5 Å². The van der Waals surface area contributed by atoms with E-state index in [2.05, 4.69) is 4.72 Å². The SMILES string of the molecule is Cc1ccc(CNS(=O)(=O)CC#N)o1. The third kappa shape index (κ3) is 3.20. The summed E-state index contributed by atoms with van der Waals surface area (Å²) >= 11 is 0. The molecule has 0 aliphatic carbocycles. The van der Waals surface area contributed by atoms with Gasteiger partial charge in [-0.2, -0.15) is 5.26 Å². The van der Waals surface area contributed by atoms with Crippen molar-refractivity contribution in [3.05, 3.63) is 23.7 Å². The van der Waals surface area contributed by atoms with Crippen LogP contribution < -0.4 is 4.72 Å². The van der Waals surface area contributed by atoms with Crippen LogP contribution in [0.2, 0.25) is 0 Å². The summed E-state index contributed by atoms with van der Waals surface area (Å²) < 4.78 is 29.5. The minimum absolute atomic E-state index is 0.0812. The molecule has 0 bridgehead atoms. The van der Waals surface area contributed by atoms with E-state index in [-0.39, 0.29) is 6.54 Å². The van der Waals surface area contributed by atoms with Crippen LogP contribution in [0, 0.1) is 18.3 Å². The second-order valence-corrected chi connectivity index (χ2v) is 4.56. The summed E-state index contributed by atoms with van der Waals surface area (Å²) in [6, 6.07) is 5.00. The van der Waals surface area contributed by atoms with Gasteiger partial charge in [0.2, 0.25) is 10.0 Å². The van der Waals surface area contributed by atoms with Crippen LogP contribution in [0.4, 0.5) is 0 Å². The predicted molar refractivity (Wildman–Crippen MR) is 49.7 cm³/mol. The fraction of sp³-hybridized carbons (Fsp3) is 0.375. The van der Waals surface area contributed by atoms with Crippen LogP contribution in [0.1, 0.15) is 11.5 Å². The lowest BCUT2D eigenvalue weighted by Gasteiger charge is -1.99. The molecule has 1 heterocycles. The fourth-order valence-corrected chi connectivity index (χ4v) is 1.53. The van der Waals surface area contributed by atoms with Gasteiger partial charge < -0.3 is 4.42 Å². The average molecular weight is 214 g/mol. The van der Waals surface area contributed by atoms with Gasteiger partial charge in [-0.15, -0.1) is 0 Å². The van der Waals surface area contributed by atoms with Gasteiger partial charge in [-0.25, -0.2) is 13.1 Å². The number of nitriles is 1. The molecule has 0 atom stereocenters. The van der Waals surface area contributed by atoms with Gasteiger partial charge >= 0.3 is 0 Å². The first-order chi connectivity index (χ1) is 6.53. The van der Waals surface area contributed by atoms with Gasteiger partial charge in [-0.3, -0.25) is 0 Å². The Hall–Kier alpha value is -1.32. The summed E-state index contributed by atoms with van der Waals surface area (Å²) in [4.78, 5) is 0. The number of nitrogens with one attached hydrogen (secondary N) is 1. The van der Waals surface area contributed by atoms with Crippen molar-refractivity contribution < 1.29 is 12.8 Å². The van der Waals surface area contributed by atoms with Gasteiger partial charge in [-0.05, 0) is 19.1 Å². The summed E-state index contributed by atoms with van der Waals surface area (Å²) in [5, 5.41) is 8.21. The van der Waals surface area contributed by atoms with Crippen molar-refractivity contribution in [3.63, 3.8) is 0 Å². The maximum Gasteiger partial charge on any atom is 0.225 e. The van der Waals surface area contributed by atoms with Crippen LogP contribution in [0.3, 0.4) is 0 Å². The molecule has 1 aromatic rings. The van der Waals surface area contributed by atoms with Gasteiger partial charge in [0.05, 0.1) is 12.6 Å². The smallest absolute Gasteiger partial charge is 0.225 e. The highest BCUT2D eigenvalue weighted by Crippen LogP contribution is 2.05. The van der Waals surface area contributed by atoms with Crippen molar-refractivity contribution in [1.29, 1.82) is 5.26 Å². The molecule has 0 spiro atoms. The number of furan rings is 1. The second-order valence-electron chi connectivity index (χ2n) is 2.75. The van der Waals surface area contributed by atoms with E-state index in [9.17, 15) is 8.42 Å². The third-order valence-corrected chi connectivity index (χ3v) is 2.61. The maximum atomic E-state index is 11.0. The van der Waals surface area contributed by atoms with E-state index in [1.165, 1.54) is 0 Å². The Morgan fingerprint density at radius 2 is 2.29 bits per heavy atom. The molecule has 1 rings (SSSR count). The molecule has 1 aromatic heterocycles. The molecule has 0 amide bonds. The molecule has 0 saturated carbocycles. The van der Waals surface area contributed by atoms with Crippen molar-refractivity contribution >= 4 is 10.0 Å². The molecule has 14 heavy (non-hydrogen) atoms. The van der Waals surface area contributed by atoms with Gasteiger partial charge in [0.25, 0.3) is 0 Å². The standard InChI is InChI=1S/C8H10N2O3S/c1-7-2-3-8(13-7)6-10-14(11,12)5-4-9/h2-3,10H,5-6H2,1H3. The van der Waals surface area contributed by atoms with Crippen LogP contribution in [0.5, 0.6) is 0 Å². The van der Waals surface area contributed by atoms with Gasteiger partial charge in [0, 0.05) is 0 Å². The van der Waals surface area contributed by atoms with E-state index in [1.54, 1.807) is 25.1 Å². The summed E-state index contributed by atoms with van der Waals surface area (Å²) in [6.07, 6.45) is 0. The fourth-order valence-electron chi connectivity index (χ4n) is 0.897. The molecule has 0 unspecified atom stereocenters. The Morgan fingerprint density at radius 1 is 1.57 bits per heavy atom. The van der Waals surface area contributed by atoms with E-state index in [0.29, 0.717) is 5.76 Å². The lowest BCUT2D eigenvalue weighted by atomic mass is 10.4. The minimum atomic E-state index is -3.49. The largest absolute Gasteiger partial charge is 0.465 e. The first kappa shape index (κ1) is 10.8. The normalized spacial score (nSPS) is 11.1. The van der Waals surface area contributed by atoms with E-state index in [4.69, 9.17) is 9.68 Å². The van der Waals surface area contributed by atoms with Crippen molar-refractivity contribution in [2.45, 2.75) is 13.5 Å². The number of sulfonamides is 1. The molecule has 0 saturated heterocycles. The highest BCUT2D eigenvalue weighted by molar-refractivity contribution is 7.89. The molecule has 1 N–H and O–H groups in total. The number of nitrogens with zero attached hydrogens (tertiary/aromatic N) is 1. The lowest BCUT2D eigenvalue weighted by molar-refractivity contribution is 0.475. The molecule has 5 nitrogen and oxygen atoms in total. The molecule has 0 radical (unpaired) electrons. The zero-order chi connectivity index (χ0) is 10.6. The van der Waals surface area contributed by atoms with E-state index in [1.807, 2.05) is 0 Å². The topological polar surface area (TPSA) is 83.1 Å². The van der Waals surface area contributed by atoms with Crippen LogP contribution in [-0.4, -0.2) is 14.2 Å². The number of rotatable bonds is 4. The number of aryl methyl sites for hydroxylation is 1. The molecular formula is C8H10N2O3S. The second kappa shape index (κ2) is 4.26. The number of hydrogen-bond acceptors (Lipinski definition) is 4. The zero-order valence-electron chi connectivity index (χ0n) is 7.65.